The summed E-state index contributed by atoms with van der Waals surface area (Å²) in [5.74, 6) is -2.76. The Morgan fingerprint density at radius 1 is 1.27 bits per heavy atom. The molecule has 0 unspecified atom stereocenters. The third-order valence-corrected chi connectivity index (χ3v) is 1.06. The zero-order valence-corrected chi connectivity index (χ0v) is 5.70. The topological polar surface area (TPSA) is 106 Å². The van der Waals surface area contributed by atoms with Crippen LogP contribution in [0.1, 0.15) is 12.8 Å². The summed E-state index contributed by atoms with van der Waals surface area (Å²) in [7, 11) is 0. The fourth-order valence-corrected chi connectivity index (χ4v) is 0.490. The second kappa shape index (κ2) is 4.32. The van der Waals surface area contributed by atoms with Crippen LogP contribution in [0.3, 0.4) is 0 Å². The van der Waals surface area contributed by atoms with Gasteiger partial charge in [0.25, 0.3) is 0 Å². The van der Waals surface area contributed by atoms with Crippen LogP contribution in [0.25, 0.3) is 0 Å². The van der Waals surface area contributed by atoms with Crippen molar-refractivity contribution in [2.45, 2.75) is 12.8 Å². The van der Waals surface area contributed by atoms with Gasteiger partial charge in [-0.25, -0.2) is 0 Å². The molecule has 0 saturated heterocycles. The molecule has 0 bridgehead atoms. The first-order valence-electron chi connectivity index (χ1n) is 2.90. The van der Waals surface area contributed by atoms with Crippen LogP contribution < -0.4 is 15.9 Å². The average molecular weight is 157 g/mol. The summed E-state index contributed by atoms with van der Waals surface area (Å²) in [5.41, 5.74) is 4.64. The van der Waals surface area contributed by atoms with Gasteiger partial charge in [-0.3, -0.25) is 0 Å². The summed E-state index contributed by atoms with van der Waals surface area (Å²) in [5, 5.41) is 19.9. The van der Waals surface area contributed by atoms with E-state index in [9.17, 15) is 19.8 Å². The number of rotatable bonds is 4. The number of carbonyl (C=O) groups is 2. The van der Waals surface area contributed by atoms with Crippen molar-refractivity contribution in [3.63, 3.8) is 0 Å². The molecule has 0 fully saturated rings. The standard InChI is InChI=1S/C6H9NO4/c7-3-4(6(10)11)1-2-5(8)9/h3H,1-2,7H2,(H,8,9)(H,10,11)/p-2/b4-3+. The van der Waals surface area contributed by atoms with Crippen molar-refractivity contribution < 1.29 is 19.8 Å². The molecule has 0 radical (unpaired) electrons. The Kier molecular flexibility index (Phi) is 3.72. The third-order valence-electron chi connectivity index (χ3n) is 1.06. The molecule has 0 atom stereocenters. The molecular formula is C6H7NO4-2. The van der Waals surface area contributed by atoms with E-state index in [1.54, 1.807) is 0 Å². The molecule has 0 aromatic heterocycles. The Labute approximate surface area is 63.1 Å². The van der Waals surface area contributed by atoms with Gasteiger partial charge < -0.3 is 25.5 Å². The first-order valence-corrected chi connectivity index (χ1v) is 2.90. The van der Waals surface area contributed by atoms with Crippen LogP contribution in [-0.2, 0) is 9.59 Å². The lowest BCUT2D eigenvalue weighted by molar-refractivity contribution is -0.305. The molecule has 0 amide bonds. The summed E-state index contributed by atoms with van der Waals surface area (Å²) >= 11 is 0. The number of carbonyl (C=O) groups excluding carboxylic acids is 2. The molecule has 5 nitrogen and oxygen atoms in total. The lowest BCUT2D eigenvalue weighted by atomic mass is 10.1. The quantitative estimate of drug-likeness (QED) is 0.441. The van der Waals surface area contributed by atoms with Crippen LogP contribution in [0, 0.1) is 0 Å². The van der Waals surface area contributed by atoms with E-state index in [-0.39, 0.29) is 18.4 Å². The van der Waals surface area contributed by atoms with E-state index in [2.05, 4.69) is 0 Å². The number of nitrogens with two attached hydrogens (primary N) is 1. The van der Waals surface area contributed by atoms with Crippen molar-refractivity contribution in [1.82, 2.24) is 0 Å². The van der Waals surface area contributed by atoms with Crippen LogP contribution in [0.4, 0.5) is 0 Å². The smallest absolute Gasteiger partial charge is 0.0689 e. The molecule has 11 heavy (non-hydrogen) atoms. The Hall–Kier alpha value is -1.52. The Morgan fingerprint density at radius 2 is 1.82 bits per heavy atom. The maximum absolute atomic E-state index is 10.1. The molecule has 5 heteroatoms. The lowest BCUT2D eigenvalue weighted by Gasteiger charge is -2.06. The number of aliphatic carboxylic acids is 2. The first-order chi connectivity index (χ1) is 5.07. The van der Waals surface area contributed by atoms with Crippen molar-refractivity contribution in [2.75, 3.05) is 0 Å². The van der Waals surface area contributed by atoms with Gasteiger partial charge in [0.2, 0.25) is 0 Å². The summed E-state index contributed by atoms with van der Waals surface area (Å²) < 4.78 is 0. The van der Waals surface area contributed by atoms with E-state index in [0.29, 0.717) is 0 Å². The number of hydrogen-bond acceptors (Lipinski definition) is 5. The van der Waals surface area contributed by atoms with Gasteiger partial charge in [-0.2, -0.15) is 0 Å². The maximum atomic E-state index is 10.1. The highest BCUT2D eigenvalue weighted by Crippen LogP contribution is 2.00. The van der Waals surface area contributed by atoms with Crippen molar-refractivity contribution in [2.24, 2.45) is 5.73 Å². The number of carboxylic acids is 2. The molecule has 62 valence electrons. The maximum Gasteiger partial charge on any atom is 0.0689 e. The van der Waals surface area contributed by atoms with E-state index < -0.39 is 11.9 Å². The van der Waals surface area contributed by atoms with Crippen molar-refractivity contribution in [3.05, 3.63) is 11.8 Å². The minimum Gasteiger partial charge on any atom is -0.550 e. The molecule has 0 aliphatic rings. The summed E-state index contributed by atoms with van der Waals surface area (Å²) in [6.45, 7) is 0. The van der Waals surface area contributed by atoms with Gasteiger partial charge in [0.05, 0.1) is 5.97 Å². The fourth-order valence-electron chi connectivity index (χ4n) is 0.490. The summed E-state index contributed by atoms with van der Waals surface area (Å²) in [4.78, 5) is 19.9. The molecule has 0 aliphatic heterocycles. The number of hydrogen-bond donors (Lipinski definition) is 1. The average Bonchev–Trinajstić information content (AvgIpc) is 1.87. The van der Waals surface area contributed by atoms with Crippen LogP contribution in [0.2, 0.25) is 0 Å². The van der Waals surface area contributed by atoms with Gasteiger partial charge in [0.15, 0.2) is 0 Å². The van der Waals surface area contributed by atoms with Gasteiger partial charge in [-0.15, -0.1) is 0 Å². The van der Waals surface area contributed by atoms with E-state index >= 15 is 0 Å². The molecule has 0 heterocycles. The molecular weight excluding hydrogens is 150 g/mol. The number of carboxylic acid groups (broad SMARTS) is 2. The van der Waals surface area contributed by atoms with E-state index in [1.807, 2.05) is 0 Å². The van der Waals surface area contributed by atoms with Crippen molar-refractivity contribution in [1.29, 1.82) is 0 Å². The molecule has 0 aliphatic carbocycles. The molecule has 0 aromatic rings. The third kappa shape index (κ3) is 3.96. The van der Waals surface area contributed by atoms with Gasteiger partial charge in [0.1, 0.15) is 0 Å². The first kappa shape index (κ1) is 9.48. The van der Waals surface area contributed by atoms with Crippen LogP contribution in [0.15, 0.2) is 11.8 Å². The molecule has 0 spiro atoms. The van der Waals surface area contributed by atoms with E-state index in [0.717, 1.165) is 6.20 Å². The van der Waals surface area contributed by atoms with Crippen molar-refractivity contribution >= 4 is 11.9 Å². The highest BCUT2D eigenvalue weighted by Gasteiger charge is 1.96. The molecule has 0 aromatic carbocycles. The summed E-state index contributed by atoms with van der Waals surface area (Å²) in [6, 6.07) is 0. The SMILES string of the molecule is N/C=C(\CCC(=O)[O-])C(=O)[O-]. The Morgan fingerprint density at radius 3 is 2.09 bits per heavy atom. The largest absolute Gasteiger partial charge is 0.550 e. The lowest BCUT2D eigenvalue weighted by Crippen LogP contribution is -2.27. The minimum atomic E-state index is -1.45. The normalized spacial score (nSPS) is 11.1. The minimum absolute atomic E-state index is 0.166. The Bertz CT molecular complexity index is 197. The van der Waals surface area contributed by atoms with Crippen LogP contribution >= 0.6 is 0 Å². The highest BCUT2D eigenvalue weighted by atomic mass is 16.4. The predicted molar refractivity (Wildman–Crippen MR) is 31.5 cm³/mol. The molecule has 2 N–H and O–H groups in total. The van der Waals surface area contributed by atoms with Gasteiger partial charge in [0, 0.05) is 5.97 Å². The zero-order valence-electron chi connectivity index (χ0n) is 5.70. The second-order valence-electron chi connectivity index (χ2n) is 1.85. The van der Waals surface area contributed by atoms with Gasteiger partial charge in [-0.1, -0.05) is 0 Å². The predicted octanol–water partition coefficient (Wildman–Crippen LogP) is -2.89. The summed E-state index contributed by atoms with van der Waals surface area (Å²) in [6.07, 6.45) is 0.288. The van der Waals surface area contributed by atoms with Gasteiger partial charge >= 0.3 is 0 Å². The fraction of sp³-hybridized carbons (Fsp3) is 0.333. The van der Waals surface area contributed by atoms with E-state index in [1.165, 1.54) is 0 Å². The van der Waals surface area contributed by atoms with E-state index in [4.69, 9.17) is 5.73 Å². The Balaban J connectivity index is 3.92. The highest BCUT2D eigenvalue weighted by molar-refractivity contribution is 5.85. The van der Waals surface area contributed by atoms with Gasteiger partial charge in [-0.05, 0) is 24.6 Å². The van der Waals surface area contributed by atoms with Crippen molar-refractivity contribution in [3.8, 4) is 0 Å². The second-order valence-corrected chi connectivity index (χ2v) is 1.85. The van der Waals surface area contributed by atoms with Crippen LogP contribution in [0.5, 0.6) is 0 Å². The van der Waals surface area contributed by atoms with Crippen LogP contribution in [-0.4, -0.2) is 11.9 Å². The monoisotopic (exact) mass is 157 g/mol. The molecule has 0 rings (SSSR count). The zero-order chi connectivity index (χ0) is 8.85. The molecule has 0 saturated carbocycles.